The van der Waals surface area contributed by atoms with Crippen molar-refractivity contribution in [1.29, 1.82) is 0 Å². The lowest BCUT2D eigenvalue weighted by molar-refractivity contribution is 0.579. The van der Waals surface area contributed by atoms with Crippen LogP contribution in [0.1, 0.15) is 23.4 Å². The molecule has 0 amide bonds. The molecule has 36 heavy (non-hydrogen) atoms. The maximum atomic E-state index is 13.3. The number of allylic oxidation sites excluding steroid dienone is 1. The summed E-state index contributed by atoms with van der Waals surface area (Å²) in [5, 5.41) is 18.9. The largest absolute Gasteiger partial charge is 0.346 e. The van der Waals surface area contributed by atoms with Crippen molar-refractivity contribution in [1.82, 2.24) is 35.0 Å². The maximum Gasteiger partial charge on any atom is 0.346 e. The van der Waals surface area contributed by atoms with Crippen LogP contribution in [-0.4, -0.2) is 35.0 Å². The molecule has 0 saturated heterocycles. The first-order valence-electron chi connectivity index (χ1n) is 12.0. The molecular weight excluding hydrogens is 450 g/mol. The number of aromatic amines is 1. The van der Waals surface area contributed by atoms with E-state index in [1.807, 2.05) is 48.5 Å². The second kappa shape index (κ2) is 10.8. The summed E-state index contributed by atoms with van der Waals surface area (Å²) in [4.78, 5) is 13.3. The van der Waals surface area contributed by atoms with E-state index in [2.05, 4.69) is 68.7 Å². The van der Waals surface area contributed by atoms with Crippen LogP contribution in [0.2, 0.25) is 0 Å². The molecule has 0 atom stereocenters. The minimum absolute atomic E-state index is 0.0859. The Bertz CT molecular complexity index is 1480. The fraction of sp³-hybridized carbons (Fsp3) is 0.179. The van der Waals surface area contributed by atoms with Crippen LogP contribution in [0.4, 0.5) is 0 Å². The van der Waals surface area contributed by atoms with Crippen molar-refractivity contribution in [2.45, 2.75) is 32.4 Å². The highest BCUT2D eigenvalue weighted by Crippen LogP contribution is 2.29. The minimum atomic E-state index is -0.0859. The zero-order valence-corrected chi connectivity index (χ0v) is 19.9. The quantitative estimate of drug-likeness (QED) is 0.303. The third kappa shape index (κ3) is 5.07. The molecule has 0 aliphatic carbocycles. The third-order valence-electron chi connectivity index (χ3n) is 6.16. The summed E-state index contributed by atoms with van der Waals surface area (Å²) in [5.74, 6) is 1.40. The van der Waals surface area contributed by atoms with Crippen LogP contribution in [-0.2, 0) is 25.9 Å². The Kier molecular flexibility index (Phi) is 6.93. The van der Waals surface area contributed by atoms with Gasteiger partial charge in [0.15, 0.2) is 5.82 Å². The Hall–Kier alpha value is -4.59. The first-order chi connectivity index (χ1) is 17.7. The molecule has 8 nitrogen and oxygen atoms in total. The van der Waals surface area contributed by atoms with E-state index in [4.69, 9.17) is 0 Å². The molecular formula is C28H27N7O. The molecule has 5 aromatic rings. The summed E-state index contributed by atoms with van der Waals surface area (Å²) < 4.78 is 3.36. The molecule has 0 unspecified atom stereocenters. The standard InChI is InChI=1S/C28H27N7O/c1-2-3-13-26-31-35(19-18-21-9-5-4-6-10-21)28(36)34(26)20-22-14-16-23(17-15-22)24-11-7-8-12-25(24)27-29-32-33-30-27/h2,4-12,14-17H,1,3,13,18-20H2,(H,29,30,32,33). The molecule has 0 radical (unpaired) electrons. The van der Waals surface area contributed by atoms with Gasteiger partial charge < -0.3 is 0 Å². The molecule has 0 spiro atoms. The van der Waals surface area contributed by atoms with Gasteiger partial charge in [-0.15, -0.1) is 11.7 Å². The van der Waals surface area contributed by atoms with Gasteiger partial charge in [0.1, 0.15) is 5.82 Å². The Morgan fingerprint density at radius 3 is 2.33 bits per heavy atom. The molecule has 0 aliphatic heterocycles. The van der Waals surface area contributed by atoms with Crippen molar-refractivity contribution in [2.75, 3.05) is 0 Å². The van der Waals surface area contributed by atoms with E-state index in [9.17, 15) is 4.79 Å². The molecule has 0 aliphatic rings. The molecule has 0 fully saturated rings. The van der Waals surface area contributed by atoms with Gasteiger partial charge in [-0.25, -0.2) is 14.6 Å². The van der Waals surface area contributed by atoms with E-state index >= 15 is 0 Å². The molecule has 2 heterocycles. The van der Waals surface area contributed by atoms with E-state index in [-0.39, 0.29) is 5.69 Å². The number of tetrazole rings is 1. The molecule has 0 bridgehead atoms. The highest BCUT2D eigenvalue weighted by atomic mass is 16.2. The van der Waals surface area contributed by atoms with E-state index in [0.29, 0.717) is 25.3 Å². The van der Waals surface area contributed by atoms with E-state index in [1.54, 1.807) is 9.25 Å². The number of aromatic nitrogens is 7. The fourth-order valence-corrected chi connectivity index (χ4v) is 4.27. The topological polar surface area (TPSA) is 94.3 Å². The average molecular weight is 478 g/mol. The first kappa shape index (κ1) is 23.2. The second-order valence-corrected chi connectivity index (χ2v) is 8.56. The van der Waals surface area contributed by atoms with Crippen LogP contribution in [0.3, 0.4) is 0 Å². The molecule has 0 saturated carbocycles. The van der Waals surface area contributed by atoms with Crippen molar-refractivity contribution < 1.29 is 0 Å². The number of benzene rings is 3. The van der Waals surface area contributed by atoms with Crippen LogP contribution >= 0.6 is 0 Å². The number of nitrogens with one attached hydrogen (secondary N) is 1. The molecule has 5 rings (SSSR count). The van der Waals surface area contributed by atoms with Crippen LogP contribution < -0.4 is 5.69 Å². The molecule has 8 heteroatoms. The molecule has 2 aromatic heterocycles. The van der Waals surface area contributed by atoms with E-state index in [1.165, 1.54) is 5.56 Å². The Labute approximate surface area is 208 Å². The number of H-pyrrole nitrogens is 1. The van der Waals surface area contributed by atoms with Crippen LogP contribution in [0.15, 0.2) is 96.3 Å². The van der Waals surface area contributed by atoms with Crippen molar-refractivity contribution in [3.63, 3.8) is 0 Å². The third-order valence-corrected chi connectivity index (χ3v) is 6.16. The number of aryl methyl sites for hydroxylation is 3. The number of rotatable bonds is 10. The van der Waals surface area contributed by atoms with Gasteiger partial charge in [0.25, 0.3) is 0 Å². The smallest absolute Gasteiger partial charge is 0.274 e. The summed E-state index contributed by atoms with van der Waals surface area (Å²) in [6.07, 6.45) is 4.05. The van der Waals surface area contributed by atoms with E-state index in [0.717, 1.165) is 40.9 Å². The zero-order chi connectivity index (χ0) is 24.7. The van der Waals surface area contributed by atoms with Gasteiger partial charge in [-0.3, -0.25) is 4.57 Å². The summed E-state index contributed by atoms with van der Waals surface area (Å²) in [7, 11) is 0. The van der Waals surface area contributed by atoms with Gasteiger partial charge in [-0.1, -0.05) is 84.9 Å². The van der Waals surface area contributed by atoms with E-state index < -0.39 is 0 Å². The first-order valence-corrected chi connectivity index (χ1v) is 12.0. The average Bonchev–Trinajstić information content (AvgIpc) is 3.56. The lowest BCUT2D eigenvalue weighted by Crippen LogP contribution is -2.26. The number of nitrogens with zero attached hydrogens (tertiary/aromatic N) is 6. The van der Waals surface area contributed by atoms with Gasteiger partial charge in [0.05, 0.1) is 13.1 Å². The normalized spacial score (nSPS) is 11.0. The van der Waals surface area contributed by atoms with Crippen molar-refractivity contribution >= 4 is 0 Å². The Morgan fingerprint density at radius 1 is 0.861 bits per heavy atom. The van der Waals surface area contributed by atoms with Gasteiger partial charge in [0.2, 0.25) is 0 Å². The van der Waals surface area contributed by atoms with Crippen LogP contribution in [0.5, 0.6) is 0 Å². The summed E-state index contributed by atoms with van der Waals surface area (Å²) in [6.45, 7) is 4.83. The minimum Gasteiger partial charge on any atom is -0.274 e. The predicted octanol–water partition coefficient (Wildman–Crippen LogP) is 4.30. The van der Waals surface area contributed by atoms with Gasteiger partial charge >= 0.3 is 5.69 Å². The predicted molar refractivity (Wildman–Crippen MR) is 139 cm³/mol. The Balaban J connectivity index is 1.39. The van der Waals surface area contributed by atoms with Gasteiger partial charge in [0, 0.05) is 12.0 Å². The highest BCUT2D eigenvalue weighted by molar-refractivity contribution is 5.80. The van der Waals surface area contributed by atoms with Crippen LogP contribution in [0, 0.1) is 0 Å². The highest BCUT2D eigenvalue weighted by Gasteiger charge is 2.14. The molecule has 180 valence electrons. The molecule has 1 N–H and O–H groups in total. The van der Waals surface area contributed by atoms with Crippen LogP contribution in [0.25, 0.3) is 22.5 Å². The fourth-order valence-electron chi connectivity index (χ4n) is 4.27. The maximum absolute atomic E-state index is 13.3. The number of hydrogen-bond acceptors (Lipinski definition) is 5. The Morgan fingerprint density at radius 2 is 1.61 bits per heavy atom. The van der Waals surface area contributed by atoms with Gasteiger partial charge in [-0.2, -0.15) is 5.10 Å². The van der Waals surface area contributed by atoms with Gasteiger partial charge in [-0.05, 0) is 45.5 Å². The van der Waals surface area contributed by atoms with Crippen molar-refractivity contribution in [3.05, 3.63) is 119 Å². The molecule has 3 aromatic carbocycles. The SMILES string of the molecule is C=CCCc1nn(CCc2ccccc2)c(=O)n1Cc1ccc(-c2ccccc2-c2nnn[nH]2)cc1. The summed E-state index contributed by atoms with van der Waals surface area (Å²) >= 11 is 0. The lowest BCUT2D eigenvalue weighted by atomic mass is 9.98. The second-order valence-electron chi connectivity index (χ2n) is 8.56. The monoisotopic (exact) mass is 477 g/mol. The summed E-state index contributed by atoms with van der Waals surface area (Å²) in [6, 6.07) is 26.4. The van der Waals surface area contributed by atoms with Crippen molar-refractivity contribution in [3.8, 4) is 22.5 Å². The number of hydrogen-bond donors (Lipinski definition) is 1. The zero-order valence-electron chi connectivity index (χ0n) is 19.9. The summed E-state index contributed by atoms with van der Waals surface area (Å²) in [5.41, 5.74) is 5.13. The van der Waals surface area contributed by atoms with Crippen molar-refractivity contribution in [2.24, 2.45) is 0 Å². The lowest BCUT2D eigenvalue weighted by Gasteiger charge is -2.09.